The number of fused-ring (bicyclic) bond motifs is 2. The first-order chi connectivity index (χ1) is 14.0. The normalized spacial score (nSPS) is 14.4. The highest BCUT2D eigenvalue weighted by Gasteiger charge is 2.21. The highest BCUT2D eigenvalue weighted by molar-refractivity contribution is 5.99. The Morgan fingerprint density at radius 3 is 2.62 bits per heavy atom. The second kappa shape index (κ2) is 6.56. The van der Waals surface area contributed by atoms with E-state index in [0.717, 1.165) is 23.9 Å². The number of phenolic OH excluding ortho intramolecular Hbond substituents is 1. The van der Waals surface area contributed by atoms with Crippen LogP contribution in [0.3, 0.4) is 0 Å². The summed E-state index contributed by atoms with van der Waals surface area (Å²) in [5, 5.41) is 14.8. The molecule has 4 aromatic rings. The molecule has 1 aliphatic rings. The van der Waals surface area contributed by atoms with Crippen LogP contribution in [0.15, 0.2) is 58.1 Å². The number of aromatic nitrogens is 2. The van der Waals surface area contributed by atoms with Crippen LogP contribution in [-0.4, -0.2) is 27.7 Å². The molecular formula is C22H18FN3O3. The van der Waals surface area contributed by atoms with Crippen molar-refractivity contribution in [1.29, 1.82) is 0 Å². The fraction of sp³-hybridized carbons (Fsp3) is 0.182. The van der Waals surface area contributed by atoms with E-state index in [0.29, 0.717) is 23.1 Å². The third-order valence-corrected chi connectivity index (χ3v) is 5.51. The van der Waals surface area contributed by atoms with E-state index in [1.807, 2.05) is 24.3 Å². The number of nitrogens with one attached hydrogen (secondary N) is 2. The molecule has 3 aromatic carbocycles. The maximum absolute atomic E-state index is 15.2. The molecule has 29 heavy (non-hydrogen) atoms. The number of halogens is 1. The SMILES string of the molecule is O=c1[nH]c2cc(-c3cc(O)cc4ccccc34)c(F)cc2n(CC2CNC2)c1=O. The van der Waals surface area contributed by atoms with E-state index in [-0.39, 0.29) is 17.2 Å². The number of hydrogen-bond donors (Lipinski definition) is 3. The van der Waals surface area contributed by atoms with Crippen molar-refractivity contribution < 1.29 is 9.50 Å². The monoisotopic (exact) mass is 391 g/mol. The van der Waals surface area contributed by atoms with Crippen LogP contribution in [0.25, 0.3) is 32.9 Å². The van der Waals surface area contributed by atoms with Gasteiger partial charge in [0.1, 0.15) is 11.6 Å². The van der Waals surface area contributed by atoms with Gasteiger partial charge in [0, 0.05) is 37.2 Å². The molecule has 1 aromatic heterocycles. The van der Waals surface area contributed by atoms with Crippen molar-refractivity contribution in [2.45, 2.75) is 6.54 Å². The number of rotatable bonds is 3. The summed E-state index contributed by atoms with van der Waals surface area (Å²) in [6.45, 7) is 1.88. The highest BCUT2D eigenvalue weighted by Crippen LogP contribution is 2.35. The maximum Gasteiger partial charge on any atom is 0.316 e. The molecule has 0 radical (unpaired) electrons. The van der Waals surface area contributed by atoms with Crippen LogP contribution in [0.4, 0.5) is 4.39 Å². The molecule has 0 saturated carbocycles. The van der Waals surface area contributed by atoms with Gasteiger partial charge in [0.2, 0.25) is 0 Å². The average molecular weight is 391 g/mol. The Bertz CT molecular complexity index is 1390. The number of nitrogens with zero attached hydrogens (tertiary/aromatic N) is 1. The first-order valence-corrected chi connectivity index (χ1v) is 9.40. The molecule has 1 aliphatic heterocycles. The molecule has 0 bridgehead atoms. The van der Waals surface area contributed by atoms with Crippen LogP contribution in [0.2, 0.25) is 0 Å². The average Bonchev–Trinajstić information content (AvgIpc) is 2.66. The van der Waals surface area contributed by atoms with Gasteiger partial charge in [-0.25, -0.2) is 4.39 Å². The van der Waals surface area contributed by atoms with Gasteiger partial charge in [-0.2, -0.15) is 0 Å². The number of hydrogen-bond acceptors (Lipinski definition) is 4. The summed E-state index contributed by atoms with van der Waals surface area (Å²) in [7, 11) is 0. The van der Waals surface area contributed by atoms with Gasteiger partial charge in [-0.05, 0) is 34.5 Å². The van der Waals surface area contributed by atoms with E-state index in [1.54, 1.807) is 6.07 Å². The van der Waals surface area contributed by atoms with Crippen LogP contribution in [0.1, 0.15) is 0 Å². The van der Waals surface area contributed by atoms with E-state index >= 15 is 4.39 Å². The van der Waals surface area contributed by atoms with Crippen molar-refractivity contribution in [3.8, 4) is 16.9 Å². The topological polar surface area (TPSA) is 87.1 Å². The molecule has 7 heteroatoms. The van der Waals surface area contributed by atoms with Gasteiger partial charge in [-0.3, -0.25) is 9.59 Å². The minimum Gasteiger partial charge on any atom is -0.508 e. The van der Waals surface area contributed by atoms with E-state index in [2.05, 4.69) is 10.3 Å². The van der Waals surface area contributed by atoms with Crippen molar-refractivity contribution in [3.05, 3.63) is 75.1 Å². The molecule has 0 unspecified atom stereocenters. The quantitative estimate of drug-likeness (QED) is 0.469. The predicted molar refractivity (Wildman–Crippen MR) is 110 cm³/mol. The molecule has 0 spiro atoms. The number of H-pyrrole nitrogens is 1. The molecule has 0 aliphatic carbocycles. The molecule has 1 fully saturated rings. The lowest BCUT2D eigenvalue weighted by atomic mass is 9.96. The van der Waals surface area contributed by atoms with Crippen LogP contribution < -0.4 is 16.4 Å². The minimum atomic E-state index is -0.733. The lowest BCUT2D eigenvalue weighted by Crippen LogP contribution is -2.47. The summed E-state index contributed by atoms with van der Waals surface area (Å²) in [5.74, 6) is -0.273. The van der Waals surface area contributed by atoms with Crippen LogP contribution in [-0.2, 0) is 6.54 Å². The fourth-order valence-electron chi connectivity index (χ4n) is 3.93. The third-order valence-electron chi connectivity index (χ3n) is 5.51. The largest absolute Gasteiger partial charge is 0.508 e. The Labute approximate surface area is 164 Å². The molecule has 0 atom stereocenters. The van der Waals surface area contributed by atoms with Gasteiger partial charge in [0.25, 0.3) is 0 Å². The third kappa shape index (κ3) is 2.91. The first-order valence-electron chi connectivity index (χ1n) is 9.40. The van der Waals surface area contributed by atoms with Gasteiger partial charge in [-0.15, -0.1) is 0 Å². The Morgan fingerprint density at radius 1 is 1.07 bits per heavy atom. The molecule has 6 nitrogen and oxygen atoms in total. The van der Waals surface area contributed by atoms with Gasteiger partial charge in [0.15, 0.2) is 0 Å². The van der Waals surface area contributed by atoms with Gasteiger partial charge in [0.05, 0.1) is 11.0 Å². The smallest absolute Gasteiger partial charge is 0.316 e. The summed E-state index contributed by atoms with van der Waals surface area (Å²) in [5.41, 5.74) is 0.0814. The number of aromatic amines is 1. The maximum atomic E-state index is 15.2. The van der Waals surface area contributed by atoms with Gasteiger partial charge in [-0.1, -0.05) is 24.3 Å². The summed E-state index contributed by atoms with van der Waals surface area (Å²) in [4.78, 5) is 27.2. The van der Waals surface area contributed by atoms with Crippen molar-refractivity contribution in [1.82, 2.24) is 14.9 Å². The highest BCUT2D eigenvalue weighted by atomic mass is 19.1. The standard InChI is InChI=1S/C22H18FN3O3/c23-18-8-20-19(25-21(28)22(29)26(20)11-12-9-24-10-12)7-17(18)16-6-14(27)5-13-3-1-2-4-15(13)16/h1-8,12,24,27H,9-11H2,(H,25,28). The zero-order chi connectivity index (χ0) is 20.1. The predicted octanol–water partition coefficient (Wildman–Crippen LogP) is 2.57. The Morgan fingerprint density at radius 2 is 1.86 bits per heavy atom. The zero-order valence-electron chi connectivity index (χ0n) is 15.4. The second-order valence-corrected chi connectivity index (χ2v) is 7.46. The number of benzene rings is 3. The summed E-state index contributed by atoms with van der Waals surface area (Å²) in [6.07, 6.45) is 0. The molecule has 3 N–H and O–H groups in total. The number of aromatic hydroxyl groups is 1. The van der Waals surface area contributed by atoms with Crippen molar-refractivity contribution >= 4 is 21.8 Å². The van der Waals surface area contributed by atoms with Crippen molar-refractivity contribution in [2.75, 3.05) is 13.1 Å². The molecule has 2 heterocycles. The minimum absolute atomic E-state index is 0.0224. The Hall–Kier alpha value is -3.45. The Balaban J connectivity index is 1.77. The first kappa shape index (κ1) is 17.6. The van der Waals surface area contributed by atoms with Crippen LogP contribution in [0.5, 0.6) is 5.75 Å². The van der Waals surface area contributed by atoms with Crippen molar-refractivity contribution in [2.24, 2.45) is 5.92 Å². The molecular weight excluding hydrogens is 373 g/mol. The van der Waals surface area contributed by atoms with Gasteiger partial charge < -0.3 is 20.0 Å². The Kier molecular flexibility index (Phi) is 3.99. The molecule has 5 rings (SSSR count). The van der Waals surface area contributed by atoms with E-state index in [1.165, 1.54) is 22.8 Å². The van der Waals surface area contributed by atoms with Crippen molar-refractivity contribution in [3.63, 3.8) is 0 Å². The van der Waals surface area contributed by atoms with E-state index in [4.69, 9.17) is 0 Å². The fourth-order valence-corrected chi connectivity index (χ4v) is 3.93. The zero-order valence-corrected chi connectivity index (χ0v) is 15.4. The van der Waals surface area contributed by atoms with Gasteiger partial charge >= 0.3 is 11.1 Å². The summed E-state index contributed by atoms with van der Waals surface area (Å²) in [6, 6.07) is 13.3. The molecule has 0 amide bonds. The molecule has 146 valence electrons. The van der Waals surface area contributed by atoms with E-state index in [9.17, 15) is 14.7 Å². The summed E-state index contributed by atoms with van der Waals surface area (Å²) < 4.78 is 16.6. The summed E-state index contributed by atoms with van der Waals surface area (Å²) >= 11 is 0. The van der Waals surface area contributed by atoms with E-state index < -0.39 is 16.9 Å². The van der Waals surface area contributed by atoms with Crippen LogP contribution in [0, 0.1) is 11.7 Å². The lowest BCUT2D eigenvalue weighted by Gasteiger charge is -2.28. The second-order valence-electron chi connectivity index (χ2n) is 7.46. The van der Waals surface area contributed by atoms with Crippen LogP contribution >= 0.6 is 0 Å². The number of phenols is 1. The molecule has 1 saturated heterocycles. The lowest BCUT2D eigenvalue weighted by molar-refractivity contribution is 0.306.